The van der Waals surface area contributed by atoms with Crippen LogP contribution >= 0.6 is 11.3 Å². The molecule has 4 nitrogen and oxygen atoms in total. The van der Waals surface area contributed by atoms with Crippen molar-refractivity contribution in [3.63, 3.8) is 0 Å². The molecule has 0 saturated heterocycles. The highest BCUT2D eigenvalue weighted by atomic mass is 32.1. The van der Waals surface area contributed by atoms with Gasteiger partial charge in [0.2, 0.25) is 0 Å². The van der Waals surface area contributed by atoms with Crippen molar-refractivity contribution >= 4 is 21.4 Å². The summed E-state index contributed by atoms with van der Waals surface area (Å²) < 4.78 is 14.2. The van der Waals surface area contributed by atoms with Gasteiger partial charge in [0.1, 0.15) is 12.4 Å². The third kappa shape index (κ3) is 2.71. The number of hydrogen-bond donors (Lipinski definition) is 0. The summed E-state index contributed by atoms with van der Waals surface area (Å²) in [5.74, 6) is -0.486. The van der Waals surface area contributed by atoms with E-state index in [0.717, 1.165) is 21.6 Å². The second-order valence-corrected chi connectivity index (χ2v) is 5.36. The van der Waals surface area contributed by atoms with Crippen LogP contribution in [0.2, 0.25) is 0 Å². The Bertz CT molecular complexity index is 902. The Morgan fingerprint density at radius 2 is 1.86 bits per heavy atom. The maximum absolute atomic E-state index is 13.1. The Balaban J connectivity index is 2.01. The van der Waals surface area contributed by atoms with Crippen molar-refractivity contribution in [1.29, 1.82) is 0 Å². The predicted molar refractivity (Wildman–Crippen MR) is 79.0 cm³/mol. The van der Waals surface area contributed by atoms with Gasteiger partial charge in [0.05, 0.1) is 5.39 Å². The van der Waals surface area contributed by atoms with Crippen molar-refractivity contribution in [3.8, 4) is 0 Å². The molecule has 3 rings (SSSR count). The quantitative estimate of drug-likeness (QED) is 0.745. The van der Waals surface area contributed by atoms with Crippen LogP contribution in [0.25, 0.3) is 10.1 Å². The first kappa shape index (κ1) is 13.5. The summed E-state index contributed by atoms with van der Waals surface area (Å²) in [4.78, 5) is 28.8. The minimum atomic E-state index is -0.579. The molecule has 3 aromatic rings. The molecule has 0 aliphatic rings. The Morgan fingerprint density at radius 1 is 1.10 bits per heavy atom. The van der Waals surface area contributed by atoms with Gasteiger partial charge >= 0.3 is 4.87 Å². The zero-order chi connectivity index (χ0) is 14.8. The van der Waals surface area contributed by atoms with Crippen LogP contribution in [0.1, 0.15) is 5.56 Å². The summed E-state index contributed by atoms with van der Waals surface area (Å²) in [6.07, 6.45) is 0. The fourth-order valence-electron chi connectivity index (χ4n) is 1.91. The van der Waals surface area contributed by atoms with E-state index in [4.69, 9.17) is 4.84 Å². The van der Waals surface area contributed by atoms with Gasteiger partial charge in [0.25, 0.3) is 5.56 Å². The highest BCUT2D eigenvalue weighted by molar-refractivity contribution is 7.16. The lowest BCUT2D eigenvalue weighted by Gasteiger charge is -2.07. The van der Waals surface area contributed by atoms with E-state index < -0.39 is 16.2 Å². The fraction of sp³-hybridized carbons (Fsp3) is 0.0667. The molecule has 0 saturated carbocycles. The predicted octanol–water partition coefficient (Wildman–Crippen LogP) is 2.19. The third-order valence-electron chi connectivity index (χ3n) is 2.92. The van der Waals surface area contributed by atoms with Gasteiger partial charge in [-0.1, -0.05) is 46.4 Å². The highest BCUT2D eigenvalue weighted by Gasteiger charge is 2.10. The molecule has 0 atom stereocenters. The van der Waals surface area contributed by atoms with Gasteiger partial charge in [0.15, 0.2) is 0 Å². The topological polar surface area (TPSA) is 48.3 Å². The summed E-state index contributed by atoms with van der Waals surface area (Å²) in [5.41, 5.74) is 0.262. The molecule has 0 amide bonds. The molecule has 0 spiro atoms. The summed E-state index contributed by atoms with van der Waals surface area (Å²) in [6, 6.07) is 12.9. The molecule has 106 valence electrons. The molecule has 21 heavy (non-hydrogen) atoms. The van der Waals surface area contributed by atoms with E-state index in [1.165, 1.54) is 18.2 Å². The zero-order valence-corrected chi connectivity index (χ0v) is 11.6. The standard InChI is InChI=1S/C15H10FNO3S/c16-11-6-7-12-13(8-11)21-15(19)17(14(12)18)20-9-10-4-2-1-3-5-10/h1-8H,9H2. The summed E-state index contributed by atoms with van der Waals surface area (Å²) in [6.45, 7) is 0.107. The number of hydrogen-bond acceptors (Lipinski definition) is 4. The average molecular weight is 303 g/mol. The molecule has 1 heterocycles. The van der Waals surface area contributed by atoms with Gasteiger partial charge in [-0.05, 0) is 23.8 Å². The Labute approximate surface area is 122 Å². The lowest BCUT2D eigenvalue weighted by molar-refractivity contribution is 0.0859. The van der Waals surface area contributed by atoms with Crippen molar-refractivity contribution in [2.24, 2.45) is 0 Å². The molecular weight excluding hydrogens is 293 g/mol. The second-order valence-electron chi connectivity index (χ2n) is 4.37. The van der Waals surface area contributed by atoms with Gasteiger partial charge in [-0.2, -0.15) is 0 Å². The first-order chi connectivity index (χ1) is 10.1. The zero-order valence-electron chi connectivity index (χ0n) is 10.8. The van der Waals surface area contributed by atoms with E-state index in [0.29, 0.717) is 4.70 Å². The minimum absolute atomic E-state index is 0.107. The maximum atomic E-state index is 13.1. The largest absolute Gasteiger partial charge is 0.402 e. The van der Waals surface area contributed by atoms with E-state index in [2.05, 4.69) is 0 Å². The molecule has 0 aliphatic heterocycles. The molecule has 2 aromatic carbocycles. The SMILES string of the molecule is O=c1sc2cc(F)ccc2c(=O)n1OCc1ccccc1. The lowest BCUT2D eigenvalue weighted by Crippen LogP contribution is -2.36. The number of nitrogens with zero attached hydrogens (tertiary/aromatic N) is 1. The van der Waals surface area contributed by atoms with E-state index in [9.17, 15) is 14.0 Å². The van der Waals surface area contributed by atoms with Crippen LogP contribution in [0.4, 0.5) is 4.39 Å². The lowest BCUT2D eigenvalue weighted by atomic mass is 10.2. The Kier molecular flexibility index (Phi) is 3.53. The highest BCUT2D eigenvalue weighted by Crippen LogP contribution is 2.13. The molecule has 0 fully saturated rings. The fourth-order valence-corrected chi connectivity index (χ4v) is 2.75. The van der Waals surface area contributed by atoms with Gasteiger partial charge in [-0.25, -0.2) is 4.39 Å². The molecule has 0 aliphatic carbocycles. The monoisotopic (exact) mass is 303 g/mol. The second kappa shape index (κ2) is 5.49. The van der Waals surface area contributed by atoms with E-state index in [1.807, 2.05) is 30.3 Å². The summed E-state index contributed by atoms with van der Waals surface area (Å²) >= 11 is 0.774. The van der Waals surface area contributed by atoms with Crippen molar-refractivity contribution in [2.45, 2.75) is 6.61 Å². The van der Waals surface area contributed by atoms with Crippen LogP contribution in [-0.4, -0.2) is 4.73 Å². The van der Waals surface area contributed by atoms with E-state index in [-0.39, 0.29) is 12.0 Å². The first-order valence-corrected chi connectivity index (χ1v) is 6.99. The third-order valence-corrected chi connectivity index (χ3v) is 3.82. The van der Waals surface area contributed by atoms with Crippen LogP contribution < -0.4 is 15.3 Å². The number of benzene rings is 2. The summed E-state index contributed by atoms with van der Waals surface area (Å²) in [7, 11) is 0. The maximum Gasteiger partial charge on any atom is 0.343 e. The summed E-state index contributed by atoms with van der Waals surface area (Å²) in [5, 5.41) is 0.258. The minimum Gasteiger partial charge on any atom is -0.402 e. The first-order valence-electron chi connectivity index (χ1n) is 6.18. The number of aromatic nitrogens is 1. The van der Waals surface area contributed by atoms with Crippen LogP contribution in [0.5, 0.6) is 0 Å². The van der Waals surface area contributed by atoms with E-state index >= 15 is 0 Å². The van der Waals surface area contributed by atoms with Crippen molar-refractivity contribution in [3.05, 3.63) is 79.9 Å². The van der Waals surface area contributed by atoms with Crippen LogP contribution in [-0.2, 0) is 6.61 Å². The van der Waals surface area contributed by atoms with Gasteiger partial charge in [-0.3, -0.25) is 9.59 Å². The van der Waals surface area contributed by atoms with Crippen molar-refractivity contribution in [2.75, 3.05) is 0 Å². The molecule has 1 aromatic heterocycles. The van der Waals surface area contributed by atoms with Gasteiger partial charge in [0, 0.05) is 4.70 Å². The average Bonchev–Trinajstić information content (AvgIpc) is 2.47. The van der Waals surface area contributed by atoms with Crippen LogP contribution in [0.3, 0.4) is 0 Å². The molecule has 0 N–H and O–H groups in total. The van der Waals surface area contributed by atoms with Crippen molar-refractivity contribution < 1.29 is 9.23 Å². The molecule has 0 unspecified atom stereocenters. The van der Waals surface area contributed by atoms with Gasteiger partial charge in [-0.15, -0.1) is 0 Å². The Hall–Kier alpha value is -2.47. The van der Waals surface area contributed by atoms with Crippen LogP contribution in [0, 0.1) is 5.82 Å². The number of fused-ring (bicyclic) bond motifs is 1. The van der Waals surface area contributed by atoms with E-state index in [1.54, 1.807) is 0 Å². The van der Waals surface area contributed by atoms with Crippen LogP contribution in [0.15, 0.2) is 58.1 Å². The normalized spacial score (nSPS) is 10.7. The molecular formula is C15H10FNO3S. The Morgan fingerprint density at radius 3 is 2.62 bits per heavy atom. The van der Waals surface area contributed by atoms with Crippen molar-refractivity contribution in [1.82, 2.24) is 4.73 Å². The molecule has 0 radical (unpaired) electrons. The molecule has 6 heteroatoms. The number of halogens is 1. The van der Waals surface area contributed by atoms with Gasteiger partial charge < -0.3 is 4.84 Å². The number of rotatable bonds is 3. The smallest absolute Gasteiger partial charge is 0.343 e. The molecule has 0 bridgehead atoms.